The van der Waals surface area contributed by atoms with Gasteiger partial charge >= 0.3 is 0 Å². The van der Waals surface area contributed by atoms with Crippen molar-refractivity contribution in [1.29, 1.82) is 0 Å². The fourth-order valence-electron chi connectivity index (χ4n) is 3.29. The number of hydrogen-bond acceptors (Lipinski definition) is 2. The van der Waals surface area contributed by atoms with Gasteiger partial charge in [-0.3, -0.25) is 0 Å². The molecule has 0 fully saturated rings. The van der Waals surface area contributed by atoms with E-state index in [1.54, 1.807) is 0 Å². The van der Waals surface area contributed by atoms with Crippen molar-refractivity contribution in [3.63, 3.8) is 0 Å². The minimum atomic E-state index is 0.376. The maximum atomic E-state index is 6.34. The Morgan fingerprint density at radius 3 is 2.27 bits per heavy atom. The summed E-state index contributed by atoms with van der Waals surface area (Å²) in [5.74, 6) is 1.00. The van der Waals surface area contributed by atoms with E-state index in [2.05, 4.69) is 55.5 Å². The smallest absolute Gasteiger partial charge is 0.132 e. The first kappa shape index (κ1) is 23.7. The maximum absolute atomic E-state index is 6.34. The summed E-state index contributed by atoms with van der Waals surface area (Å²) in [6.07, 6.45) is 14.6. The third-order valence-electron chi connectivity index (χ3n) is 4.76. The molecule has 0 saturated carbocycles. The summed E-state index contributed by atoms with van der Waals surface area (Å²) in [4.78, 5) is 0. The van der Waals surface area contributed by atoms with Crippen molar-refractivity contribution in [1.82, 2.24) is 0 Å². The summed E-state index contributed by atoms with van der Waals surface area (Å²) in [7, 11) is 0. The third-order valence-corrected chi connectivity index (χ3v) is 5.66. The summed E-state index contributed by atoms with van der Waals surface area (Å²) in [6, 6.07) is 8.23. The number of halogens is 1. The molecule has 0 N–H and O–H groups in total. The summed E-state index contributed by atoms with van der Waals surface area (Å²) < 4.78 is 13.5. The molecular formula is C23H39IO2. The minimum Gasteiger partial charge on any atom is -0.492 e. The molecule has 1 aromatic carbocycles. The first-order valence-electron chi connectivity index (χ1n) is 10.7. The molecule has 150 valence electrons. The maximum Gasteiger partial charge on any atom is 0.132 e. The fourth-order valence-corrected chi connectivity index (χ4v) is 3.83. The van der Waals surface area contributed by atoms with Crippen LogP contribution in [-0.4, -0.2) is 18.8 Å². The van der Waals surface area contributed by atoms with Gasteiger partial charge in [-0.2, -0.15) is 0 Å². The average molecular weight is 474 g/mol. The van der Waals surface area contributed by atoms with E-state index in [4.69, 9.17) is 9.47 Å². The first-order valence-corrected chi connectivity index (χ1v) is 11.8. The Bertz CT molecular complexity index is 450. The summed E-state index contributed by atoms with van der Waals surface area (Å²) in [5, 5.41) is 0. The molecule has 0 aromatic heterocycles. The molecule has 3 heteroatoms. The number of hydrogen-bond donors (Lipinski definition) is 0. The van der Waals surface area contributed by atoms with Crippen molar-refractivity contribution >= 4 is 22.6 Å². The molecule has 0 amide bonds. The molecule has 1 aromatic rings. The third kappa shape index (κ3) is 11.4. The molecule has 2 atom stereocenters. The zero-order valence-corrected chi connectivity index (χ0v) is 19.3. The lowest BCUT2D eigenvalue weighted by Crippen LogP contribution is -2.21. The lowest BCUT2D eigenvalue weighted by Gasteiger charge is -2.22. The van der Waals surface area contributed by atoms with E-state index in [1.165, 1.54) is 54.9 Å². The normalized spacial score (nSPS) is 13.5. The number of ether oxygens (including phenoxy) is 2. The van der Waals surface area contributed by atoms with Gasteiger partial charge in [-0.1, -0.05) is 70.9 Å². The average Bonchev–Trinajstić information content (AvgIpc) is 2.63. The number of rotatable bonds is 16. The Morgan fingerprint density at radius 2 is 1.54 bits per heavy atom. The highest BCUT2D eigenvalue weighted by Crippen LogP contribution is 2.21. The number of para-hydroxylation sites is 1. The number of benzene rings is 1. The van der Waals surface area contributed by atoms with Crippen LogP contribution in [0.5, 0.6) is 5.75 Å². The van der Waals surface area contributed by atoms with Crippen LogP contribution in [0.25, 0.3) is 0 Å². The van der Waals surface area contributed by atoms with E-state index in [1.807, 2.05) is 12.1 Å². The van der Waals surface area contributed by atoms with Crippen molar-refractivity contribution in [3.8, 4) is 5.75 Å². The van der Waals surface area contributed by atoms with Crippen LogP contribution in [0.3, 0.4) is 0 Å². The standard InChI is InChI=1S/C23H39IO2/c1-4-6-7-8-9-10-15-21(26-20(3)14-5-2)16-13-19-25-23-18-12-11-17-22(23)24/h11-12,17-18,20-21H,4-10,13-16,19H2,1-3H3. The Balaban J connectivity index is 2.29. The van der Waals surface area contributed by atoms with E-state index in [9.17, 15) is 0 Å². The van der Waals surface area contributed by atoms with Crippen molar-refractivity contribution in [2.75, 3.05) is 6.61 Å². The molecule has 0 aliphatic rings. The van der Waals surface area contributed by atoms with E-state index in [0.717, 1.165) is 31.6 Å². The second-order valence-electron chi connectivity index (χ2n) is 7.33. The molecule has 0 saturated heterocycles. The predicted molar refractivity (Wildman–Crippen MR) is 121 cm³/mol. The second-order valence-corrected chi connectivity index (χ2v) is 8.50. The van der Waals surface area contributed by atoms with Crippen LogP contribution in [0, 0.1) is 3.57 Å². The number of unbranched alkanes of at least 4 members (excludes halogenated alkanes) is 5. The zero-order valence-electron chi connectivity index (χ0n) is 17.1. The summed E-state index contributed by atoms with van der Waals surface area (Å²) in [6.45, 7) is 7.51. The molecule has 1 rings (SSSR count). The molecule has 2 unspecified atom stereocenters. The van der Waals surface area contributed by atoms with Crippen LogP contribution in [0.2, 0.25) is 0 Å². The molecule has 2 nitrogen and oxygen atoms in total. The Kier molecular flexibility index (Phi) is 14.4. The lowest BCUT2D eigenvalue weighted by atomic mass is 10.0. The molecular weight excluding hydrogens is 435 g/mol. The topological polar surface area (TPSA) is 18.5 Å². The van der Waals surface area contributed by atoms with Crippen molar-refractivity contribution in [2.24, 2.45) is 0 Å². The largest absolute Gasteiger partial charge is 0.492 e. The van der Waals surface area contributed by atoms with Crippen molar-refractivity contribution < 1.29 is 9.47 Å². The monoisotopic (exact) mass is 474 g/mol. The van der Waals surface area contributed by atoms with Gasteiger partial charge in [0.15, 0.2) is 0 Å². The summed E-state index contributed by atoms with van der Waals surface area (Å²) in [5.41, 5.74) is 0. The van der Waals surface area contributed by atoms with Crippen LogP contribution >= 0.6 is 22.6 Å². The Labute approximate surface area is 175 Å². The quantitative estimate of drug-likeness (QED) is 0.180. The fraction of sp³-hybridized carbons (Fsp3) is 0.739. The highest BCUT2D eigenvalue weighted by atomic mass is 127. The molecule has 26 heavy (non-hydrogen) atoms. The van der Waals surface area contributed by atoms with Gasteiger partial charge in [0, 0.05) is 0 Å². The van der Waals surface area contributed by atoms with Gasteiger partial charge in [0.2, 0.25) is 0 Å². The van der Waals surface area contributed by atoms with Crippen LogP contribution in [0.15, 0.2) is 24.3 Å². The zero-order chi connectivity index (χ0) is 19.0. The Morgan fingerprint density at radius 1 is 0.846 bits per heavy atom. The van der Waals surface area contributed by atoms with Gasteiger partial charge in [0.05, 0.1) is 22.4 Å². The van der Waals surface area contributed by atoms with E-state index < -0.39 is 0 Å². The predicted octanol–water partition coefficient (Wildman–Crippen LogP) is 7.77. The molecule has 0 aliphatic heterocycles. The van der Waals surface area contributed by atoms with Gasteiger partial charge in [0.25, 0.3) is 0 Å². The van der Waals surface area contributed by atoms with Crippen LogP contribution in [0.4, 0.5) is 0 Å². The highest BCUT2D eigenvalue weighted by molar-refractivity contribution is 14.1. The van der Waals surface area contributed by atoms with E-state index >= 15 is 0 Å². The van der Waals surface area contributed by atoms with Gasteiger partial charge < -0.3 is 9.47 Å². The van der Waals surface area contributed by atoms with Gasteiger partial charge in [-0.25, -0.2) is 0 Å². The van der Waals surface area contributed by atoms with Gasteiger partial charge in [-0.05, 0) is 67.3 Å². The molecule has 0 aliphatic carbocycles. The molecule has 0 spiro atoms. The second kappa shape index (κ2) is 15.7. The van der Waals surface area contributed by atoms with Crippen molar-refractivity contribution in [3.05, 3.63) is 27.8 Å². The molecule has 0 radical (unpaired) electrons. The first-order chi connectivity index (χ1) is 12.7. The summed E-state index contributed by atoms with van der Waals surface area (Å²) >= 11 is 2.33. The van der Waals surface area contributed by atoms with E-state index in [0.29, 0.717) is 12.2 Å². The van der Waals surface area contributed by atoms with E-state index in [-0.39, 0.29) is 0 Å². The van der Waals surface area contributed by atoms with Gasteiger partial charge in [-0.15, -0.1) is 0 Å². The Hall–Kier alpha value is -0.290. The van der Waals surface area contributed by atoms with Crippen LogP contribution in [-0.2, 0) is 4.74 Å². The minimum absolute atomic E-state index is 0.376. The van der Waals surface area contributed by atoms with Crippen LogP contribution in [0.1, 0.15) is 91.4 Å². The molecule has 0 heterocycles. The SMILES string of the molecule is CCCCCCCCC(CCCOc1ccccc1I)OC(C)CCC. The van der Waals surface area contributed by atoms with Crippen molar-refractivity contribution in [2.45, 2.75) is 104 Å². The molecule has 0 bridgehead atoms. The highest BCUT2D eigenvalue weighted by Gasteiger charge is 2.13. The van der Waals surface area contributed by atoms with Gasteiger partial charge in [0.1, 0.15) is 5.75 Å². The lowest BCUT2D eigenvalue weighted by molar-refractivity contribution is -0.0183. The van der Waals surface area contributed by atoms with Crippen LogP contribution < -0.4 is 4.74 Å².